The van der Waals surface area contributed by atoms with E-state index in [-0.39, 0.29) is 40.8 Å². The number of nitrogens with zero attached hydrogens (tertiary/aromatic N) is 8. The Morgan fingerprint density at radius 2 is 0.358 bits per heavy atom. The van der Waals surface area contributed by atoms with Crippen LogP contribution >= 0.6 is 127 Å². The second kappa shape index (κ2) is 31.7. The van der Waals surface area contributed by atoms with Gasteiger partial charge in [0.25, 0.3) is 0 Å². The van der Waals surface area contributed by atoms with E-state index in [1.165, 1.54) is 0 Å². The van der Waals surface area contributed by atoms with E-state index in [0.717, 1.165) is 170 Å². The minimum Gasteiger partial charge on any atom is -0.657 e. The van der Waals surface area contributed by atoms with Crippen molar-refractivity contribution in [1.29, 1.82) is 0 Å². The van der Waals surface area contributed by atoms with Gasteiger partial charge in [0.2, 0.25) is 0 Å². The largest absolute Gasteiger partial charge is 2.00 e. The Balaban J connectivity index is 0.000000168. The molecule has 516 valence electrons. The van der Waals surface area contributed by atoms with Crippen LogP contribution in [0.5, 0.6) is 0 Å². The Hall–Kier alpha value is -7.88. The van der Waals surface area contributed by atoms with Gasteiger partial charge in [-0.25, -0.2) is 19.9 Å². The van der Waals surface area contributed by atoms with E-state index >= 15 is 0 Å². The number of aromatic nitrogens is 8. The molecule has 4 aliphatic heterocycles. The Bertz CT molecular complexity index is 5540. The third-order valence-electron chi connectivity index (χ3n) is 18.3. The van der Waals surface area contributed by atoms with Gasteiger partial charge >= 0.3 is 40.8 Å². The third kappa shape index (κ3) is 13.7. The summed E-state index contributed by atoms with van der Waals surface area (Å²) < 4.78 is 6.30. The van der Waals surface area contributed by atoms with E-state index in [9.17, 15) is 0 Å². The van der Waals surface area contributed by atoms with E-state index < -0.39 is 0 Å². The maximum absolute atomic E-state index is 5.50. The fourth-order valence-electron chi connectivity index (χ4n) is 13.6. The fraction of sp³-hybridized carbons (Fsp3) is 0. The Kier molecular flexibility index (Phi) is 22.1. The van der Waals surface area contributed by atoms with E-state index in [2.05, 4.69) is 322 Å². The van der Waals surface area contributed by atoms with Gasteiger partial charge in [0.15, 0.2) is 0 Å². The maximum Gasteiger partial charge on any atom is 2.00 e. The second-order valence-corrected chi connectivity index (χ2v) is 30.9. The zero-order valence-electron chi connectivity index (χ0n) is 54.9. The van der Waals surface area contributed by atoms with Gasteiger partial charge in [0.1, 0.15) is 0 Å². The zero-order valence-corrected chi connectivity index (χ0v) is 70.7. The smallest absolute Gasteiger partial charge is 0.657 e. The minimum atomic E-state index is 0. The van der Waals surface area contributed by atoms with Crippen molar-refractivity contribution in [2.75, 3.05) is 0 Å². The molecular weight excluding hydrogens is 2020 g/mol. The van der Waals surface area contributed by atoms with Crippen molar-refractivity contribution >= 4 is 214 Å². The first kappa shape index (κ1) is 73.6. The van der Waals surface area contributed by atoms with Gasteiger partial charge in [0.05, 0.1) is 63.5 Å². The molecule has 0 spiro atoms. The maximum atomic E-state index is 5.50. The molecule has 16 bridgehead atoms. The summed E-state index contributed by atoms with van der Waals surface area (Å²) in [6.07, 6.45) is 8.41. The zero-order chi connectivity index (χ0) is 70.7. The summed E-state index contributed by atoms with van der Waals surface area (Å²) in [5.74, 6) is 0. The SMILES string of the molecule is BrC1=C(Br)c2nc1c(-c1ccccc1)c1[n-]c(c(Br)c1Br)c(-c1ccccc1)c1nc(c(-c3ccccc3)c3[n-]c(c(Br)c3Br)c2-c2ccccc2)C(Br)=C1Br.C1=Cc2nc1c(-c1ccccc1)c1ccc([n-]1)c(-c1ccccc1)c1nc(c(-c3ccccc3)c3ccc([n-]3)c2-c2ccccc2)C=C1.[Pd+2].[Pd+2]. The molecule has 0 unspecified atom stereocenters. The van der Waals surface area contributed by atoms with Crippen molar-refractivity contribution in [3.63, 3.8) is 0 Å². The molecule has 0 atom stereocenters. The van der Waals surface area contributed by atoms with Crippen molar-refractivity contribution in [3.8, 4) is 89.0 Å². The van der Waals surface area contributed by atoms with Crippen molar-refractivity contribution in [1.82, 2.24) is 39.9 Å². The molecule has 0 fully saturated rings. The predicted molar refractivity (Wildman–Crippen MR) is 459 cm³/mol. The summed E-state index contributed by atoms with van der Waals surface area (Å²) in [4.78, 5) is 43.2. The molecule has 6 aromatic heterocycles. The van der Waals surface area contributed by atoms with Crippen molar-refractivity contribution in [2.45, 2.75) is 0 Å². The normalized spacial score (nSPS) is 12.2. The van der Waals surface area contributed by atoms with Crippen LogP contribution in [0.2, 0.25) is 0 Å². The van der Waals surface area contributed by atoms with Crippen molar-refractivity contribution in [3.05, 3.63) is 330 Å². The number of hydrogen-bond acceptors (Lipinski definition) is 4. The van der Waals surface area contributed by atoms with Crippen LogP contribution in [0.1, 0.15) is 45.6 Å². The number of halogens is 8. The van der Waals surface area contributed by atoms with Crippen LogP contribution in [0.3, 0.4) is 0 Å². The van der Waals surface area contributed by atoms with Gasteiger partial charge in [0, 0.05) is 17.9 Å². The monoisotopic (exact) mass is 2060 g/mol. The fourth-order valence-corrected chi connectivity index (χ4v) is 17.4. The summed E-state index contributed by atoms with van der Waals surface area (Å²) in [6.45, 7) is 0. The molecular formula is C88H48Br8N8Pd2. The predicted octanol–water partition coefficient (Wildman–Crippen LogP) is 27.1. The summed E-state index contributed by atoms with van der Waals surface area (Å²) in [5.41, 5.74) is 27.9. The molecule has 10 heterocycles. The number of hydrogen-bond donors (Lipinski definition) is 0. The molecule has 0 saturated carbocycles. The summed E-state index contributed by atoms with van der Waals surface area (Å²) in [7, 11) is 0. The van der Waals surface area contributed by atoms with Gasteiger partial charge in [-0.15, -0.1) is 44.1 Å². The Morgan fingerprint density at radius 1 is 0.189 bits per heavy atom. The van der Waals surface area contributed by atoms with Crippen LogP contribution in [0.4, 0.5) is 0 Å². The molecule has 8 aromatic carbocycles. The van der Waals surface area contributed by atoms with E-state index in [1.807, 2.05) is 97.1 Å². The summed E-state index contributed by atoms with van der Waals surface area (Å²) in [6, 6.07) is 90.9. The molecule has 4 aliphatic rings. The quantitative estimate of drug-likeness (QED) is 0.138. The number of fused-ring (bicyclic) bond motifs is 16. The Labute approximate surface area is 705 Å². The number of rotatable bonds is 8. The molecule has 0 saturated heterocycles. The van der Waals surface area contributed by atoms with Crippen LogP contribution < -0.4 is 19.9 Å². The van der Waals surface area contributed by atoms with Crippen LogP contribution in [-0.2, 0) is 40.8 Å². The summed E-state index contributed by atoms with van der Waals surface area (Å²) in [5, 5.41) is 0. The number of benzene rings is 8. The third-order valence-corrected chi connectivity index (χ3v) is 26.6. The molecule has 18 heteroatoms. The molecule has 14 aromatic rings. The van der Waals surface area contributed by atoms with Crippen molar-refractivity contribution in [2.24, 2.45) is 0 Å². The molecule has 18 rings (SSSR count). The first-order chi connectivity index (χ1) is 50.9. The van der Waals surface area contributed by atoms with Gasteiger partial charge in [-0.3, -0.25) is 0 Å². The van der Waals surface area contributed by atoms with Crippen molar-refractivity contribution < 1.29 is 40.8 Å². The van der Waals surface area contributed by atoms with E-state index in [0.29, 0.717) is 44.8 Å². The molecule has 8 nitrogen and oxygen atoms in total. The molecule has 0 aliphatic carbocycles. The van der Waals surface area contributed by atoms with E-state index in [1.54, 1.807) is 0 Å². The molecule has 0 amide bonds. The van der Waals surface area contributed by atoms with Gasteiger partial charge in [-0.1, -0.05) is 331 Å². The average molecular weight is 2070 g/mol. The molecule has 106 heavy (non-hydrogen) atoms. The van der Waals surface area contributed by atoms with Gasteiger partial charge in [-0.2, -0.15) is 0 Å². The molecule has 0 radical (unpaired) electrons. The van der Waals surface area contributed by atoms with Gasteiger partial charge in [-0.05, 0) is 177 Å². The standard InChI is InChI=1S/C44H20Br8N4.C44H28N4.2Pd/c45-29-31(47)39-26(22-15-7-2-8-16-22)41-33(49)35(51)43(55-41)28(24-19-11-4-12-20-24)44-36(52)34(50)42(56-44)27(23-17-9-3-10-18-23)40-32(48)30(46)38(54-40)25(37(29)53-39)21-13-5-1-6-14-21;1-5-13-29(14-6-1)41-33-21-23-35(45-33)42(30-15-7-2-8-16-30)37-25-27-39(47-37)44(32-19-11-4-12-20-32)40-28-26-38(48-40)43(31-17-9-3-10-18-31)36-24-22-34(41)46-36;;/h1-20H;1-28H;;/q2*-2;2*+2. The summed E-state index contributed by atoms with van der Waals surface area (Å²) >= 11 is 31.9. The second-order valence-electron chi connectivity index (χ2n) is 24.5. The topological polar surface area (TPSA) is 108 Å². The molecule has 0 N–H and O–H groups in total. The Morgan fingerprint density at radius 3 is 0.538 bits per heavy atom. The van der Waals surface area contributed by atoms with Gasteiger partial charge < -0.3 is 19.9 Å². The van der Waals surface area contributed by atoms with E-state index in [4.69, 9.17) is 39.9 Å². The first-order valence-electron chi connectivity index (χ1n) is 33.0. The van der Waals surface area contributed by atoms with Crippen LogP contribution in [0.25, 0.3) is 175 Å². The van der Waals surface area contributed by atoms with Crippen LogP contribution in [-0.4, -0.2) is 19.9 Å². The minimum absolute atomic E-state index is 0. The average Bonchev–Trinajstić information content (AvgIpc) is 1.58. The van der Waals surface area contributed by atoms with Crippen LogP contribution in [0, 0.1) is 0 Å². The van der Waals surface area contributed by atoms with Crippen LogP contribution in [0.15, 0.2) is 285 Å². The first-order valence-corrected chi connectivity index (χ1v) is 39.4.